The van der Waals surface area contributed by atoms with Gasteiger partial charge in [0.25, 0.3) is 11.6 Å². The molecule has 9 nitrogen and oxygen atoms in total. The summed E-state index contributed by atoms with van der Waals surface area (Å²) in [5.41, 5.74) is -0.652. The number of nitro benzene ring substituents is 1. The zero-order valence-corrected chi connectivity index (χ0v) is 13.6. The molecular formula is C14H16N2O7S. The van der Waals surface area contributed by atoms with Gasteiger partial charge < -0.3 is 10.4 Å². The third kappa shape index (κ3) is 4.07. The van der Waals surface area contributed by atoms with E-state index in [1.807, 2.05) is 0 Å². The molecule has 1 saturated carbocycles. The standard InChI is InChI=1S/C14H16N2O7S/c1-24(22,23)12-6-9(5-11(7-12)16(20)21)13(17)15-10-3-2-8(4-10)14(18)19/h5-8,10H,2-4H2,1H3,(H,15,17)(H,18,19)/t8-,10+/m1/s1. The molecule has 0 aliphatic heterocycles. The van der Waals surface area contributed by atoms with Crippen molar-refractivity contribution in [2.24, 2.45) is 5.92 Å². The van der Waals surface area contributed by atoms with Crippen molar-refractivity contribution in [2.75, 3.05) is 6.26 Å². The molecule has 2 N–H and O–H groups in total. The maximum Gasteiger partial charge on any atom is 0.306 e. The highest BCUT2D eigenvalue weighted by atomic mass is 32.2. The number of carboxylic acid groups (broad SMARTS) is 1. The molecule has 2 rings (SSSR count). The fourth-order valence-corrected chi connectivity index (χ4v) is 3.32. The minimum atomic E-state index is -3.72. The minimum Gasteiger partial charge on any atom is -0.481 e. The highest BCUT2D eigenvalue weighted by Crippen LogP contribution is 2.26. The van der Waals surface area contributed by atoms with Gasteiger partial charge in [0.05, 0.1) is 15.7 Å². The Hall–Kier alpha value is -2.49. The lowest BCUT2D eigenvalue weighted by Crippen LogP contribution is -2.33. The Kier molecular flexibility index (Phi) is 4.88. The maximum atomic E-state index is 12.3. The van der Waals surface area contributed by atoms with Gasteiger partial charge >= 0.3 is 5.97 Å². The van der Waals surface area contributed by atoms with Crippen LogP contribution in [-0.2, 0) is 14.6 Å². The molecule has 1 aromatic carbocycles. The predicted molar refractivity (Wildman–Crippen MR) is 82.4 cm³/mol. The first-order valence-corrected chi connectivity index (χ1v) is 9.00. The lowest BCUT2D eigenvalue weighted by Gasteiger charge is -2.13. The van der Waals surface area contributed by atoms with E-state index in [1.165, 1.54) is 0 Å². The van der Waals surface area contributed by atoms with Gasteiger partial charge in [-0.15, -0.1) is 0 Å². The molecule has 24 heavy (non-hydrogen) atoms. The van der Waals surface area contributed by atoms with Crippen LogP contribution < -0.4 is 5.32 Å². The summed E-state index contributed by atoms with van der Waals surface area (Å²) < 4.78 is 23.3. The van der Waals surface area contributed by atoms with Gasteiger partial charge in [-0.2, -0.15) is 0 Å². The normalized spacial score (nSPS) is 20.5. The number of hydrogen-bond acceptors (Lipinski definition) is 6. The van der Waals surface area contributed by atoms with Crippen LogP contribution in [-0.4, -0.2) is 42.6 Å². The summed E-state index contributed by atoms with van der Waals surface area (Å²) >= 11 is 0. The summed E-state index contributed by atoms with van der Waals surface area (Å²) in [6.45, 7) is 0. The number of nitrogens with one attached hydrogen (secondary N) is 1. The van der Waals surface area contributed by atoms with Gasteiger partial charge in [0.1, 0.15) is 0 Å². The molecule has 0 heterocycles. The highest BCUT2D eigenvalue weighted by Gasteiger charge is 2.31. The van der Waals surface area contributed by atoms with E-state index in [-0.39, 0.29) is 22.9 Å². The second kappa shape index (κ2) is 6.56. The number of carbonyl (C=O) groups is 2. The number of aliphatic carboxylic acids is 1. The molecule has 1 aromatic rings. The van der Waals surface area contributed by atoms with Crippen LogP contribution in [0, 0.1) is 16.0 Å². The minimum absolute atomic E-state index is 0.150. The third-order valence-corrected chi connectivity index (χ3v) is 5.00. The van der Waals surface area contributed by atoms with E-state index >= 15 is 0 Å². The molecule has 10 heteroatoms. The number of sulfone groups is 1. The Morgan fingerprint density at radius 2 is 1.96 bits per heavy atom. The molecule has 1 amide bonds. The van der Waals surface area contributed by atoms with E-state index in [2.05, 4.69) is 5.32 Å². The van der Waals surface area contributed by atoms with Gasteiger partial charge in [-0.05, 0) is 25.3 Å². The van der Waals surface area contributed by atoms with Gasteiger partial charge in [-0.3, -0.25) is 19.7 Å². The fraction of sp³-hybridized carbons (Fsp3) is 0.429. The average molecular weight is 356 g/mol. The molecule has 1 fully saturated rings. The molecule has 0 unspecified atom stereocenters. The molecule has 1 aliphatic carbocycles. The zero-order chi connectivity index (χ0) is 18.1. The molecule has 0 saturated heterocycles. The molecule has 0 radical (unpaired) electrons. The van der Waals surface area contributed by atoms with Crippen molar-refractivity contribution in [3.05, 3.63) is 33.9 Å². The van der Waals surface area contributed by atoms with Gasteiger partial charge in [-0.1, -0.05) is 0 Å². The fourth-order valence-electron chi connectivity index (χ4n) is 2.64. The van der Waals surface area contributed by atoms with Crippen molar-refractivity contribution in [3.8, 4) is 0 Å². The number of non-ortho nitro benzene ring substituents is 1. The lowest BCUT2D eigenvalue weighted by molar-refractivity contribution is -0.385. The van der Waals surface area contributed by atoms with E-state index in [0.717, 1.165) is 24.5 Å². The van der Waals surface area contributed by atoms with Crippen LogP contribution in [0.15, 0.2) is 23.1 Å². The van der Waals surface area contributed by atoms with Gasteiger partial charge in [0.2, 0.25) is 0 Å². The maximum absolute atomic E-state index is 12.3. The smallest absolute Gasteiger partial charge is 0.306 e. The number of nitro groups is 1. The van der Waals surface area contributed by atoms with Crippen LogP contribution in [0.5, 0.6) is 0 Å². The zero-order valence-electron chi connectivity index (χ0n) is 12.8. The Morgan fingerprint density at radius 1 is 1.29 bits per heavy atom. The van der Waals surface area contributed by atoms with Crippen molar-refractivity contribution in [3.63, 3.8) is 0 Å². The van der Waals surface area contributed by atoms with Crippen LogP contribution in [0.1, 0.15) is 29.6 Å². The topological polar surface area (TPSA) is 144 Å². The summed E-state index contributed by atoms with van der Waals surface area (Å²) in [5.74, 6) is -2.13. The first-order chi connectivity index (χ1) is 11.1. The van der Waals surface area contributed by atoms with Crippen molar-refractivity contribution >= 4 is 27.4 Å². The van der Waals surface area contributed by atoms with Crippen LogP contribution in [0.2, 0.25) is 0 Å². The summed E-state index contributed by atoms with van der Waals surface area (Å²) in [6.07, 6.45) is 2.08. The molecule has 130 valence electrons. The summed E-state index contributed by atoms with van der Waals surface area (Å²) in [6, 6.07) is 2.59. The molecular weight excluding hydrogens is 340 g/mol. The quantitative estimate of drug-likeness (QED) is 0.591. The summed E-state index contributed by atoms with van der Waals surface area (Å²) in [4.78, 5) is 33.0. The molecule has 2 atom stereocenters. The number of carbonyl (C=O) groups excluding carboxylic acids is 1. The highest BCUT2D eigenvalue weighted by molar-refractivity contribution is 7.90. The second-order valence-electron chi connectivity index (χ2n) is 5.76. The van der Waals surface area contributed by atoms with Crippen LogP contribution in [0.3, 0.4) is 0 Å². The largest absolute Gasteiger partial charge is 0.481 e. The van der Waals surface area contributed by atoms with Gasteiger partial charge in [0.15, 0.2) is 9.84 Å². The Morgan fingerprint density at radius 3 is 2.46 bits per heavy atom. The number of benzene rings is 1. The van der Waals surface area contributed by atoms with Crippen molar-refractivity contribution in [1.82, 2.24) is 5.32 Å². The van der Waals surface area contributed by atoms with E-state index in [9.17, 15) is 28.1 Å². The molecule has 0 aromatic heterocycles. The Bertz CT molecular complexity index is 803. The van der Waals surface area contributed by atoms with Crippen LogP contribution in [0.25, 0.3) is 0 Å². The van der Waals surface area contributed by atoms with E-state index in [0.29, 0.717) is 12.8 Å². The second-order valence-corrected chi connectivity index (χ2v) is 7.78. The van der Waals surface area contributed by atoms with E-state index in [4.69, 9.17) is 5.11 Å². The van der Waals surface area contributed by atoms with Gasteiger partial charge in [0, 0.05) is 30.0 Å². The van der Waals surface area contributed by atoms with E-state index in [1.54, 1.807) is 0 Å². The SMILES string of the molecule is CS(=O)(=O)c1cc(C(=O)N[C@H]2CC[C@@H](C(=O)O)C2)cc([N+](=O)[O-])c1. The van der Waals surface area contributed by atoms with E-state index < -0.39 is 38.2 Å². The number of nitrogens with zero attached hydrogens (tertiary/aromatic N) is 1. The first-order valence-electron chi connectivity index (χ1n) is 7.11. The Labute approximate surface area is 137 Å². The number of hydrogen-bond donors (Lipinski definition) is 2. The lowest BCUT2D eigenvalue weighted by atomic mass is 10.1. The van der Waals surface area contributed by atoms with Crippen LogP contribution >= 0.6 is 0 Å². The van der Waals surface area contributed by atoms with Crippen LogP contribution in [0.4, 0.5) is 5.69 Å². The summed E-state index contributed by atoms with van der Waals surface area (Å²) in [7, 11) is -3.72. The molecule has 0 bridgehead atoms. The molecule has 1 aliphatic rings. The molecule has 0 spiro atoms. The van der Waals surface area contributed by atoms with Crippen molar-refractivity contribution < 1.29 is 28.0 Å². The third-order valence-electron chi connectivity index (χ3n) is 3.91. The first kappa shape index (κ1) is 17.9. The average Bonchev–Trinajstić information content (AvgIpc) is 2.94. The predicted octanol–water partition coefficient (Wildman–Crippen LogP) is 0.981. The van der Waals surface area contributed by atoms with Crippen molar-refractivity contribution in [1.29, 1.82) is 0 Å². The Balaban J connectivity index is 2.24. The number of amides is 1. The monoisotopic (exact) mass is 356 g/mol. The number of rotatable bonds is 5. The van der Waals surface area contributed by atoms with Crippen molar-refractivity contribution in [2.45, 2.75) is 30.2 Å². The van der Waals surface area contributed by atoms with Gasteiger partial charge in [-0.25, -0.2) is 8.42 Å². The number of carboxylic acids is 1. The summed E-state index contributed by atoms with van der Waals surface area (Å²) in [5, 5.41) is 22.5.